The van der Waals surface area contributed by atoms with Crippen LogP contribution in [0.4, 0.5) is 29.2 Å². The molecule has 15 heteroatoms. The Morgan fingerprint density at radius 3 is 1.91 bits per heavy atom. The quantitative estimate of drug-likeness (QED) is 0.0741. The first kappa shape index (κ1) is 38.7. The average Bonchev–Trinajstić information content (AvgIpc) is 2.66. The van der Waals surface area contributed by atoms with E-state index in [1.807, 2.05) is 0 Å². The normalized spacial score (nSPS) is 8.63. The lowest BCUT2D eigenvalue weighted by atomic mass is 10.2. The maximum absolute atomic E-state index is 12.7. The molecule has 35 heavy (non-hydrogen) atoms. The van der Waals surface area contributed by atoms with Crippen LogP contribution in [0.1, 0.15) is 32.6 Å². The van der Waals surface area contributed by atoms with Crippen LogP contribution in [0, 0.1) is 28.7 Å². The summed E-state index contributed by atoms with van der Waals surface area (Å²) in [6.45, 7) is 0. The van der Waals surface area contributed by atoms with Gasteiger partial charge in [-0.25, -0.2) is 27.3 Å². The molecule has 3 aromatic rings. The minimum Gasteiger partial charge on any atom is -0.465 e. The van der Waals surface area contributed by atoms with Gasteiger partial charge in [0, 0.05) is 17.8 Å². The second-order valence-corrected chi connectivity index (χ2v) is 5.83. The van der Waals surface area contributed by atoms with Gasteiger partial charge < -0.3 is 21.9 Å². The van der Waals surface area contributed by atoms with E-state index in [0.29, 0.717) is 6.07 Å². The first-order chi connectivity index (χ1) is 14.4. The molecular weight excluding hydrogens is 519 g/mol. The van der Waals surface area contributed by atoms with Gasteiger partial charge in [0.25, 0.3) is 5.56 Å². The molecule has 0 saturated heterocycles. The standard InChI is InChI=1S/C8H5F2N3O.C8H7F2NO2.CH3ClN2.3CH4.ClH/c9-4-1-3-6(2-5(4)10)12-8(11)13-7(3)14;1-13-8(12)4-2-5(9)6(10)3-7(4)11;2-1(3)4;;;;/h1-2H,(H3,11,12,13,14);2-3H,11H2,1H3;(H3,3,4);3*1H4;1H. The molecule has 2 aromatic carbocycles. The van der Waals surface area contributed by atoms with Crippen LogP contribution in [-0.4, -0.2) is 28.3 Å². The molecule has 8 N–H and O–H groups in total. The number of aromatic amines is 1. The Hall–Kier alpha value is -3.58. The van der Waals surface area contributed by atoms with E-state index in [0.717, 1.165) is 25.3 Å². The number of H-pyrrole nitrogens is 1. The molecule has 3 rings (SSSR count). The predicted octanol–water partition coefficient (Wildman–Crippen LogP) is 4.57. The highest BCUT2D eigenvalue weighted by Crippen LogP contribution is 2.17. The van der Waals surface area contributed by atoms with E-state index < -0.39 is 34.8 Å². The third-order valence-corrected chi connectivity index (χ3v) is 3.26. The lowest BCUT2D eigenvalue weighted by Crippen LogP contribution is -2.11. The lowest BCUT2D eigenvalue weighted by Gasteiger charge is -2.03. The average molecular weight is 547 g/mol. The number of nitrogens with one attached hydrogen (secondary N) is 2. The van der Waals surface area contributed by atoms with Crippen molar-refractivity contribution >= 4 is 57.8 Å². The van der Waals surface area contributed by atoms with Crippen molar-refractivity contribution in [2.75, 3.05) is 18.6 Å². The SMILES string of the molecule is C.C.C.COC(=O)c1cc(F)c(F)cc1N.Cl.N=C(N)Cl.Nc1nc2cc(F)c(F)cc2c(=O)[nH]1. The Balaban J connectivity index is -0.000000217. The minimum absolute atomic E-state index is 0. The number of carbonyl (C=O) groups is 1. The molecular formula is C20H28Cl2F4N6O3. The molecule has 0 bridgehead atoms. The summed E-state index contributed by atoms with van der Waals surface area (Å²) < 4.78 is 54.9. The third kappa shape index (κ3) is 11.4. The number of hydrogen-bond donors (Lipinski definition) is 5. The van der Waals surface area contributed by atoms with Crippen LogP contribution in [0.5, 0.6) is 0 Å². The van der Waals surface area contributed by atoms with Gasteiger partial charge in [0.05, 0.1) is 23.6 Å². The van der Waals surface area contributed by atoms with Crippen LogP contribution in [0.3, 0.4) is 0 Å². The van der Waals surface area contributed by atoms with Crippen LogP contribution in [0.2, 0.25) is 0 Å². The number of hydrogen-bond acceptors (Lipinski definition) is 7. The molecule has 0 unspecified atom stereocenters. The molecule has 0 radical (unpaired) electrons. The molecule has 9 nitrogen and oxygen atoms in total. The van der Waals surface area contributed by atoms with Crippen LogP contribution in [0.15, 0.2) is 29.1 Å². The Kier molecular flexibility index (Phi) is 18.7. The number of fused-ring (bicyclic) bond motifs is 1. The number of ether oxygens (including phenoxy) is 1. The molecule has 0 aliphatic rings. The van der Waals surface area contributed by atoms with Crippen LogP contribution >= 0.6 is 24.0 Å². The van der Waals surface area contributed by atoms with Crippen molar-refractivity contribution in [3.8, 4) is 0 Å². The fourth-order valence-electron chi connectivity index (χ4n) is 2.00. The van der Waals surface area contributed by atoms with Crippen molar-refractivity contribution in [3.63, 3.8) is 0 Å². The van der Waals surface area contributed by atoms with Crippen molar-refractivity contribution in [1.82, 2.24) is 9.97 Å². The predicted molar refractivity (Wildman–Crippen MR) is 134 cm³/mol. The zero-order chi connectivity index (χ0) is 23.9. The Labute approximate surface area is 210 Å². The minimum atomic E-state index is -1.13. The van der Waals surface area contributed by atoms with Gasteiger partial charge in [0.2, 0.25) is 5.95 Å². The van der Waals surface area contributed by atoms with E-state index in [4.69, 9.17) is 16.9 Å². The second kappa shape index (κ2) is 16.9. The van der Waals surface area contributed by atoms with Gasteiger partial charge in [-0.15, -0.1) is 12.4 Å². The summed E-state index contributed by atoms with van der Waals surface area (Å²) in [6, 6.07) is 3.06. The number of amidine groups is 1. The monoisotopic (exact) mass is 546 g/mol. The van der Waals surface area contributed by atoms with Gasteiger partial charge >= 0.3 is 5.97 Å². The Morgan fingerprint density at radius 1 is 1.00 bits per heavy atom. The largest absolute Gasteiger partial charge is 0.465 e. The molecule has 0 saturated carbocycles. The van der Waals surface area contributed by atoms with Gasteiger partial charge in [-0.2, -0.15) is 0 Å². The van der Waals surface area contributed by atoms with Gasteiger partial charge in [-0.05, 0) is 23.7 Å². The first-order valence-corrected chi connectivity index (χ1v) is 8.22. The molecule has 198 valence electrons. The van der Waals surface area contributed by atoms with Gasteiger partial charge in [0.15, 0.2) is 28.6 Å². The van der Waals surface area contributed by atoms with Crippen molar-refractivity contribution in [1.29, 1.82) is 5.41 Å². The van der Waals surface area contributed by atoms with Crippen molar-refractivity contribution < 1.29 is 27.1 Å². The fraction of sp³-hybridized carbons (Fsp3) is 0.200. The van der Waals surface area contributed by atoms with Crippen LogP contribution in [-0.2, 0) is 4.74 Å². The van der Waals surface area contributed by atoms with Gasteiger partial charge in [-0.1, -0.05) is 22.3 Å². The molecule has 0 spiro atoms. The fourth-order valence-corrected chi connectivity index (χ4v) is 2.00. The van der Waals surface area contributed by atoms with E-state index in [1.54, 1.807) is 0 Å². The highest BCUT2D eigenvalue weighted by atomic mass is 35.5. The third-order valence-electron chi connectivity index (χ3n) is 3.26. The maximum atomic E-state index is 12.7. The summed E-state index contributed by atoms with van der Waals surface area (Å²) >= 11 is 4.64. The number of aromatic nitrogens is 2. The number of methoxy groups -OCH3 is 1. The summed E-state index contributed by atoms with van der Waals surface area (Å²) in [4.78, 5) is 27.9. The number of nitrogens with two attached hydrogens (primary N) is 3. The number of rotatable bonds is 1. The van der Waals surface area contributed by atoms with Crippen molar-refractivity contribution in [2.45, 2.75) is 22.3 Å². The molecule has 0 fully saturated rings. The highest BCUT2D eigenvalue weighted by molar-refractivity contribution is 6.63. The molecule has 0 aliphatic heterocycles. The van der Waals surface area contributed by atoms with Crippen molar-refractivity contribution in [3.05, 3.63) is 63.5 Å². The summed E-state index contributed by atoms with van der Waals surface area (Å²) in [5.41, 5.74) is 14.1. The molecule has 1 heterocycles. The maximum Gasteiger partial charge on any atom is 0.340 e. The van der Waals surface area contributed by atoms with Crippen LogP contribution in [0.25, 0.3) is 10.9 Å². The smallest absolute Gasteiger partial charge is 0.340 e. The number of carbonyl (C=O) groups excluding carboxylic acids is 1. The number of nitrogen functional groups attached to an aromatic ring is 2. The van der Waals surface area contributed by atoms with E-state index in [9.17, 15) is 27.2 Å². The molecule has 0 aliphatic carbocycles. The summed E-state index contributed by atoms with van der Waals surface area (Å²) in [5.74, 6) is -5.30. The first-order valence-electron chi connectivity index (χ1n) is 7.84. The molecule has 0 atom stereocenters. The van der Waals surface area contributed by atoms with E-state index in [1.165, 1.54) is 0 Å². The lowest BCUT2D eigenvalue weighted by molar-refractivity contribution is 0.0601. The number of benzene rings is 2. The number of anilines is 2. The van der Waals surface area contributed by atoms with Crippen molar-refractivity contribution in [2.24, 2.45) is 5.73 Å². The van der Waals surface area contributed by atoms with E-state index in [2.05, 4.69) is 32.0 Å². The summed E-state index contributed by atoms with van der Waals surface area (Å²) in [5, 5.41) is 5.65. The molecule has 0 amide bonds. The van der Waals surface area contributed by atoms with Crippen LogP contribution < -0.4 is 22.8 Å². The Bertz CT molecular complexity index is 1190. The van der Waals surface area contributed by atoms with E-state index >= 15 is 0 Å². The van der Waals surface area contributed by atoms with E-state index in [-0.39, 0.29) is 68.1 Å². The van der Waals surface area contributed by atoms with Gasteiger partial charge in [0.1, 0.15) is 0 Å². The number of nitrogens with zero attached hydrogens (tertiary/aromatic N) is 1. The number of esters is 1. The summed E-state index contributed by atoms with van der Waals surface area (Å²) in [7, 11) is 1.13. The highest BCUT2D eigenvalue weighted by Gasteiger charge is 2.14. The topological polar surface area (TPSA) is 174 Å². The zero-order valence-corrected chi connectivity index (χ0v) is 17.6. The second-order valence-electron chi connectivity index (χ2n) is 5.43. The number of halogens is 6. The molecule has 1 aromatic heterocycles. The zero-order valence-electron chi connectivity index (χ0n) is 16.0. The van der Waals surface area contributed by atoms with Gasteiger partial charge in [-0.3, -0.25) is 15.2 Å². The summed E-state index contributed by atoms with van der Waals surface area (Å²) in [6.07, 6.45) is 0. The Morgan fingerprint density at radius 2 is 1.43 bits per heavy atom.